The molecule has 0 bridgehead atoms. The largest absolute Gasteiger partial charge is 0.390 e. The number of nitrogens with zero attached hydrogens (tertiary/aromatic N) is 2. The lowest BCUT2D eigenvalue weighted by Crippen LogP contribution is -2.33. The van der Waals surface area contributed by atoms with Crippen molar-refractivity contribution in [3.63, 3.8) is 0 Å². The molecule has 0 radical (unpaired) electrons. The topological polar surface area (TPSA) is 83.7 Å². The zero-order chi connectivity index (χ0) is 15.6. The minimum absolute atomic E-state index is 0.0743. The Morgan fingerprint density at radius 1 is 1.43 bits per heavy atom. The molecular formula is C14H17ClN2O4. The summed E-state index contributed by atoms with van der Waals surface area (Å²) in [4.78, 5) is 24.2. The summed E-state index contributed by atoms with van der Waals surface area (Å²) in [6.45, 7) is 2.75. The molecule has 1 saturated heterocycles. The highest BCUT2D eigenvalue weighted by atomic mass is 35.5. The number of benzene rings is 1. The van der Waals surface area contributed by atoms with Crippen molar-refractivity contribution < 1.29 is 14.8 Å². The van der Waals surface area contributed by atoms with Crippen molar-refractivity contribution in [1.82, 2.24) is 4.90 Å². The van der Waals surface area contributed by atoms with E-state index in [0.29, 0.717) is 32.4 Å². The molecule has 1 N–H and O–H groups in total. The molecule has 1 aromatic rings. The van der Waals surface area contributed by atoms with Gasteiger partial charge >= 0.3 is 0 Å². The molecule has 1 aromatic carbocycles. The van der Waals surface area contributed by atoms with Gasteiger partial charge in [-0.15, -0.1) is 0 Å². The SMILES string of the molecule is CC1(O)CCCN(C(=O)c2ccc([N+](=O)[O-])cc2Cl)CC1. The number of carbonyl (C=O) groups excluding carboxylic acids is 1. The molecule has 1 aliphatic heterocycles. The van der Waals surface area contributed by atoms with Gasteiger partial charge in [-0.3, -0.25) is 14.9 Å². The van der Waals surface area contributed by atoms with Gasteiger partial charge in [0.15, 0.2) is 0 Å². The zero-order valence-corrected chi connectivity index (χ0v) is 12.5. The summed E-state index contributed by atoms with van der Waals surface area (Å²) in [5.74, 6) is -0.257. The fraction of sp³-hybridized carbons (Fsp3) is 0.500. The van der Waals surface area contributed by atoms with Crippen molar-refractivity contribution in [3.8, 4) is 0 Å². The minimum atomic E-state index is -0.756. The van der Waals surface area contributed by atoms with Gasteiger partial charge in [-0.25, -0.2) is 0 Å². The number of aliphatic hydroxyl groups is 1. The maximum absolute atomic E-state index is 12.5. The summed E-state index contributed by atoms with van der Waals surface area (Å²) in [5.41, 5.74) is -0.645. The molecule has 0 spiro atoms. The molecule has 1 heterocycles. The first-order chi connectivity index (χ1) is 9.80. The van der Waals surface area contributed by atoms with Crippen LogP contribution in [-0.2, 0) is 0 Å². The number of nitro benzene ring substituents is 1. The average molecular weight is 313 g/mol. The van der Waals surface area contributed by atoms with Gasteiger partial charge in [0.1, 0.15) is 0 Å². The standard InChI is InChI=1S/C14H17ClN2O4/c1-14(19)5-2-7-16(8-6-14)13(18)11-4-3-10(17(20)21)9-12(11)15/h3-4,9,19H,2,5-8H2,1H3. The minimum Gasteiger partial charge on any atom is -0.390 e. The van der Waals surface area contributed by atoms with E-state index in [0.717, 1.165) is 0 Å². The summed E-state index contributed by atoms with van der Waals surface area (Å²) < 4.78 is 0. The number of non-ortho nitro benzene ring substituents is 1. The van der Waals surface area contributed by atoms with E-state index < -0.39 is 10.5 Å². The molecule has 21 heavy (non-hydrogen) atoms. The Hall–Kier alpha value is -1.66. The van der Waals surface area contributed by atoms with E-state index in [1.165, 1.54) is 18.2 Å². The molecule has 0 aliphatic carbocycles. The van der Waals surface area contributed by atoms with Crippen molar-refractivity contribution in [1.29, 1.82) is 0 Å². The monoisotopic (exact) mass is 312 g/mol. The third-order valence-electron chi connectivity index (χ3n) is 3.74. The first-order valence-corrected chi connectivity index (χ1v) is 7.13. The Balaban J connectivity index is 2.18. The lowest BCUT2D eigenvalue weighted by Gasteiger charge is -2.23. The van der Waals surface area contributed by atoms with Crippen molar-refractivity contribution >= 4 is 23.2 Å². The number of nitro groups is 1. The predicted molar refractivity (Wildman–Crippen MR) is 78.5 cm³/mol. The second-order valence-electron chi connectivity index (χ2n) is 5.56. The summed E-state index contributed by atoms with van der Waals surface area (Å²) in [6.07, 6.45) is 1.86. The molecule has 1 atom stereocenters. The number of amides is 1. The van der Waals surface area contributed by atoms with Gasteiger partial charge in [-0.2, -0.15) is 0 Å². The Morgan fingerprint density at radius 2 is 2.14 bits per heavy atom. The van der Waals surface area contributed by atoms with Crippen LogP contribution in [0.15, 0.2) is 18.2 Å². The van der Waals surface area contributed by atoms with E-state index in [-0.39, 0.29) is 22.2 Å². The Morgan fingerprint density at radius 3 is 2.76 bits per heavy atom. The number of carbonyl (C=O) groups is 1. The molecule has 1 unspecified atom stereocenters. The zero-order valence-electron chi connectivity index (χ0n) is 11.7. The van der Waals surface area contributed by atoms with Crippen LogP contribution in [0.5, 0.6) is 0 Å². The van der Waals surface area contributed by atoms with Gasteiger partial charge in [0.2, 0.25) is 0 Å². The first kappa shape index (κ1) is 15.7. The van der Waals surface area contributed by atoms with Crippen LogP contribution in [0.25, 0.3) is 0 Å². The summed E-state index contributed by atoms with van der Waals surface area (Å²) >= 11 is 5.98. The average Bonchev–Trinajstić information content (AvgIpc) is 2.58. The molecule has 114 valence electrons. The van der Waals surface area contributed by atoms with Gasteiger partial charge in [-0.05, 0) is 32.3 Å². The molecule has 1 fully saturated rings. The molecule has 6 nitrogen and oxygen atoms in total. The summed E-state index contributed by atoms with van der Waals surface area (Å²) in [7, 11) is 0. The highest BCUT2D eigenvalue weighted by Crippen LogP contribution is 2.26. The molecule has 1 amide bonds. The molecule has 0 aromatic heterocycles. The van der Waals surface area contributed by atoms with Crippen LogP contribution < -0.4 is 0 Å². The number of likely N-dealkylation sites (tertiary alicyclic amines) is 1. The third-order valence-corrected chi connectivity index (χ3v) is 4.06. The lowest BCUT2D eigenvalue weighted by molar-refractivity contribution is -0.384. The smallest absolute Gasteiger partial charge is 0.270 e. The quantitative estimate of drug-likeness (QED) is 0.672. The molecule has 0 saturated carbocycles. The molecule has 1 aliphatic rings. The molecule has 2 rings (SSSR count). The Bertz CT molecular complexity index is 574. The van der Waals surface area contributed by atoms with Crippen LogP contribution in [0.4, 0.5) is 5.69 Å². The van der Waals surface area contributed by atoms with E-state index in [1.807, 2.05) is 0 Å². The predicted octanol–water partition coefficient (Wildman–Crippen LogP) is 2.63. The van der Waals surface area contributed by atoms with Crippen molar-refractivity contribution in [3.05, 3.63) is 38.9 Å². The van der Waals surface area contributed by atoms with E-state index in [9.17, 15) is 20.0 Å². The van der Waals surface area contributed by atoms with Crippen LogP contribution >= 0.6 is 11.6 Å². The normalized spacial score (nSPS) is 22.7. The van der Waals surface area contributed by atoms with Crippen LogP contribution in [-0.4, -0.2) is 39.5 Å². The second kappa shape index (κ2) is 5.99. The second-order valence-corrected chi connectivity index (χ2v) is 5.97. The lowest BCUT2D eigenvalue weighted by atomic mass is 9.98. The number of rotatable bonds is 2. The Labute approximate surface area is 127 Å². The highest BCUT2D eigenvalue weighted by Gasteiger charge is 2.28. The highest BCUT2D eigenvalue weighted by molar-refractivity contribution is 6.34. The maximum Gasteiger partial charge on any atom is 0.270 e. The fourth-order valence-electron chi connectivity index (χ4n) is 2.43. The number of hydrogen-bond donors (Lipinski definition) is 1. The van der Waals surface area contributed by atoms with Crippen molar-refractivity contribution in [2.45, 2.75) is 31.8 Å². The Kier molecular flexibility index (Phi) is 4.49. The number of hydrogen-bond acceptors (Lipinski definition) is 4. The fourth-order valence-corrected chi connectivity index (χ4v) is 2.68. The van der Waals surface area contributed by atoms with Gasteiger partial charge in [0.05, 0.1) is 21.1 Å². The van der Waals surface area contributed by atoms with Crippen LogP contribution in [0.1, 0.15) is 36.5 Å². The number of halogens is 1. The summed E-state index contributed by atoms with van der Waals surface area (Å²) in [6, 6.07) is 3.84. The molecule has 7 heteroatoms. The van der Waals surface area contributed by atoms with Crippen LogP contribution in [0.3, 0.4) is 0 Å². The van der Waals surface area contributed by atoms with Crippen LogP contribution in [0.2, 0.25) is 5.02 Å². The van der Waals surface area contributed by atoms with Crippen molar-refractivity contribution in [2.24, 2.45) is 0 Å². The van der Waals surface area contributed by atoms with Crippen LogP contribution in [0, 0.1) is 10.1 Å². The van der Waals surface area contributed by atoms with Crippen molar-refractivity contribution in [2.75, 3.05) is 13.1 Å². The van der Waals surface area contributed by atoms with Gasteiger partial charge in [-0.1, -0.05) is 11.6 Å². The van der Waals surface area contributed by atoms with Gasteiger partial charge < -0.3 is 10.0 Å². The molecular weight excluding hydrogens is 296 g/mol. The first-order valence-electron chi connectivity index (χ1n) is 6.76. The van der Waals surface area contributed by atoms with E-state index in [1.54, 1.807) is 11.8 Å². The summed E-state index contributed by atoms with van der Waals surface area (Å²) in [5, 5.41) is 20.8. The van der Waals surface area contributed by atoms with E-state index >= 15 is 0 Å². The third kappa shape index (κ3) is 3.71. The van der Waals surface area contributed by atoms with Gasteiger partial charge in [0, 0.05) is 25.2 Å². The van der Waals surface area contributed by atoms with E-state index in [2.05, 4.69) is 0 Å². The van der Waals surface area contributed by atoms with E-state index in [4.69, 9.17) is 11.6 Å². The van der Waals surface area contributed by atoms with Gasteiger partial charge in [0.25, 0.3) is 11.6 Å². The maximum atomic E-state index is 12.5.